The van der Waals surface area contributed by atoms with Crippen LogP contribution in [0.2, 0.25) is 0 Å². The Kier molecular flexibility index (Phi) is 4.12. The van der Waals surface area contributed by atoms with E-state index in [1.807, 2.05) is 0 Å². The van der Waals surface area contributed by atoms with Gasteiger partial charge < -0.3 is 9.73 Å². The van der Waals surface area contributed by atoms with Gasteiger partial charge in [-0.25, -0.2) is 18.2 Å². The first kappa shape index (κ1) is 18.4. The van der Waals surface area contributed by atoms with Crippen LogP contribution in [0.25, 0.3) is 22.4 Å². The maximum atomic E-state index is 14.8. The number of hydrogen-bond acceptors (Lipinski definition) is 5. The number of oxazole rings is 1. The molecule has 9 heteroatoms. The van der Waals surface area contributed by atoms with Crippen molar-refractivity contribution in [2.45, 2.75) is 24.9 Å². The van der Waals surface area contributed by atoms with Crippen LogP contribution in [0.4, 0.5) is 18.9 Å². The van der Waals surface area contributed by atoms with E-state index in [2.05, 4.69) is 32.2 Å². The second-order valence-electron chi connectivity index (χ2n) is 7.20. The predicted molar refractivity (Wildman–Crippen MR) is 106 cm³/mol. The molecule has 152 valence electrons. The summed E-state index contributed by atoms with van der Waals surface area (Å²) in [7, 11) is 0. The van der Waals surface area contributed by atoms with Crippen LogP contribution in [0.15, 0.2) is 52.3 Å². The lowest BCUT2D eigenvalue weighted by atomic mass is 10.0. The Morgan fingerprint density at radius 1 is 1.30 bits per heavy atom. The number of H-pyrrole nitrogens is 1. The molecule has 2 N–H and O–H groups in total. The van der Waals surface area contributed by atoms with Crippen molar-refractivity contribution in [3.8, 4) is 11.5 Å². The van der Waals surface area contributed by atoms with E-state index in [-0.39, 0.29) is 23.2 Å². The Bertz CT molecular complexity index is 1250. The number of aliphatic imine (C=N–C) groups is 1. The van der Waals surface area contributed by atoms with E-state index >= 15 is 0 Å². The number of halogens is 3. The molecule has 0 fully saturated rings. The fourth-order valence-electron chi connectivity index (χ4n) is 3.92. The number of benzene rings is 2. The summed E-state index contributed by atoms with van der Waals surface area (Å²) in [4.78, 5) is 7.54. The molecule has 1 unspecified atom stereocenters. The quantitative estimate of drug-likeness (QED) is 0.458. The van der Waals surface area contributed by atoms with E-state index in [0.29, 0.717) is 22.5 Å². The van der Waals surface area contributed by atoms with E-state index < -0.39 is 24.2 Å². The number of fused-ring (bicyclic) bond motifs is 2. The van der Waals surface area contributed by atoms with Gasteiger partial charge in [-0.3, -0.25) is 10.1 Å². The minimum absolute atomic E-state index is 0.0189. The predicted octanol–water partition coefficient (Wildman–Crippen LogP) is 4.90. The van der Waals surface area contributed by atoms with Crippen LogP contribution in [0.3, 0.4) is 0 Å². The van der Waals surface area contributed by atoms with Crippen molar-refractivity contribution in [2.75, 3.05) is 5.32 Å². The van der Waals surface area contributed by atoms with Gasteiger partial charge in [-0.1, -0.05) is 12.1 Å². The van der Waals surface area contributed by atoms with Gasteiger partial charge >= 0.3 is 0 Å². The molecular formula is C21H16F3N5O. The van der Waals surface area contributed by atoms with Crippen molar-refractivity contribution >= 4 is 23.3 Å². The number of hydrogen-bond donors (Lipinski definition) is 2. The topological polar surface area (TPSA) is 79.1 Å². The summed E-state index contributed by atoms with van der Waals surface area (Å²) in [6.45, 7) is 3.39. The fourth-order valence-corrected chi connectivity index (χ4v) is 3.92. The second-order valence-corrected chi connectivity index (χ2v) is 7.20. The molecule has 30 heavy (non-hydrogen) atoms. The molecule has 0 saturated carbocycles. The average Bonchev–Trinajstić information content (AvgIpc) is 3.43. The lowest BCUT2D eigenvalue weighted by Crippen LogP contribution is -2.28. The monoisotopic (exact) mass is 411 g/mol. The number of alkyl halides is 2. The fraction of sp³-hybridized carbons (Fsp3) is 0.190. The molecule has 2 heterocycles. The summed E-state index contributed by atoms with van der Waals surface area (Å²) in [6, 6.07) is 6.78. The van der Waals surface area contributed by atoms with E-state index in [0.717, 1.165) is 5.52 Å². The van der Waals surface area contributed by atoms with Gasteiger partial charge in [0.2, 0.25) is 0 Å². The normalized spacial score (nSPS) is 17.2. The molecule has 1 aliphatic rings. The van der Waals surface area contributed by atoms with Gasteiger partial charge in [-0.2, -0.15) is 5.10 Å². The summed E-state index contributed by atoms with van der Waals surface area (Å²) < 4.78 is 49.7. The highest BCUT2D eigenvalue weighted by Gasteiger charge is 2.49. The number of aromatic amines is 1. The molecule has 0 amide bonds. The van der Waals surface area contributed by atoms with Gasteiger partial charge in [-0.05, 0) is 36.0 Å². The molecule has 0 bridgehead atoms. The average molecular weight is 411 g/mol. The molecule has 4 aromatic rings. The zero-order chi connectivity index (χ0) is 20.9. The molecular weight excluding hydrogens is 395 g/mol. The molecule has 0 saturated heterocycles. The van der Waals surface area contributed by atoms with Crippen LogP contribution < -0.4 is 5.32 Å². The molecule has 2 aromatic carbocycles. The summed E-state index contributed by atoms with van der Waals surface area (Å²) in [5.41, 5.74) is 2.23. The van der Waals surface area contributed by atoms with E-state index in [1.54, 1.807) is 18.2 Å². The molecule has 0 aliphatic heterocycles. The van der Waals surface area contributed by atoms with Gasteiger partial charge in [0.05, 0.1) is 18.3 Å². The lowest BCUT2D eigenvalue weighted by molar-refractivity contribution is -0.00740. The first-order valence-electron chi connectivity index (χ1n) is 9.22. The first-order valence-corrected chi connectivity index (χ1v) is 9.22. The zero-order valence-electron chi connectivity index (χ0n) is 15.6. The highest BCUT2D eigenvalue weighted by molar-refractivity contribution is 5.93. The second kappa shape index (κ2) is 6.72. The van der Waals surface area contributed by atoms with Crippen LogP contribution in [0.1, 0.15) is 22.7 Å². The summed E-state index contributed by atoms with van der Waals surface area (Å²) in [5.74, 6) is -3.33. The highest BCUT2D eigenvalue weighted by Crippen LogP contribution is 2.46. The van der Waals surface area contributed by atoms with Crippen LogP contribution in [-0.4, -0.2) is 27.8 Å². The molecule has 2 aromatic heterocycles. The number of nitrogens with zero attached hydrogens (tertiary/aromatic N) is 3. The largest absolute Gasteiger partial charge is 0.442 e. The first-order chi connectivity index (χ1) is 14.5. The van der Waals surface area contributed by atoms with Gasteiger partial charge in [0.1, 0.15) is 17.6 Å². The van der Waals surface area contributed by atoms with Crippen molar-refractivity contribution in [3.63, 3.8) is 0 Å². The van der Waals surface area contributed by atoms with Crippen LogP contribution in [0, 0.1) is 5.82 Å². The SMILES string of the molecule is C=NCc1ccc2c(c1F)CC(F)(F)C2Nc1ccc2[nH]nc(-c3cnco3)c2c1. The molecule has 1 atom stereocenters. The van der Waals surface area contributed by atoms with E-state index in [9.17, 15) is 13.2 Å². The number of anilines is 1. The molecule has 1 aliphatic carbocycles. The smallest absolute Gasteiger partial charge is 0.276 e. The third-order valence-corrected chi connectivity index (χ3v) is 5.33. The van der Waals surface area contributed by atoms with Gasteiger partial charge in [0.25, 0.3) is 5.92 Å². The minimum Gasteiger partial charge on any atom is -0.442 e. The summed E-state index contributed by atoms with van der Waals surface area (Å²) >= 11 is 0. The van der Waals surface area contributed by atoms with Crippen molar-refractivity contribution in [2.24, 2.45) is 4.99 Å². The maximum absolute atomic E-state index is 14.8. The molecule has 0 radical (unpaired) electrons. The Morgan fingerprint density at radius 3 is 2.93 bits per heavy atom. The van der Waals surface area contributed by atoms with Crippen LogP contribution in [0.5, 0.6) is 0 Å². The van der Waals surface area contributed by atoms with Crippen molar-refractivity contribution in [3.05, 3.63) is 65.4 Å². The molecule has 5 rings (SSSR count). The van der Waals surface area contributed by atoms with Crippen molar-refractivity contribution in [1.82, 2.24) is 15.2 Å². The number of nitrogens with one attached hydrogen (secondary N) is 2. The van der Waals surface area contributed by atoms with Gasteiger partial charge in [0, 0.05) is 23.1 Å². The van der Waals surface area contributed by atoms with Gasteiger partial charge in [-0.15, -0.1) is 0 Å². The lowest BCUT2D eigenvalue weighted by Gasteiger charge is -2.22. The van der Waals surface area contributed by atoms with E-state index in [4.69, 9.17) is 4.42 Å². The standard InChI is InChI=1S/C21H16F3N5O/c1-25-8-11-2-4-13-15(18(11)22)7-21(23,24)20(13)27-12-3-5-16-14(6-12)19(29-28-16)17-9-26-10-30-17/h2-6,9-10,20,27H,1,7-8H2,(H,28,29). The minimum atomic E-state index is -3.15. The Morgan fingerprint density at radius 2 is 2.17 bits per heavy atom. The van der Waals surface area contributed by atoms with Crippen molar-refractivity contribution < 1.29 is 17.6 Å². The van der Waals surface area contributed by atoms with Gasteiger partial charge in [0.15, 0.2) is 12.2 Å². The number of rotatable bonds is 5. The summed E-state index contributed by atoms with van der Waals surface area (Å²) in [6.07, 6.45) is 2.14. The highest BCUT2D eigenvalue weighted by atomic mass is 19.3. The van der Waals surface area contributed by atoms with Crippen molar-refractivity contribution in [1.29, 1.82) is 0 Å². The third kappa shape index (κ3) is 2.85. The van der Waals surface area contributed by atoms with E-state index in [1.165, 1.54) is 24.7 Å². The summed E-state index contributed by atoms with van der Waals surface area (Å²) in [5, 5.41) is 10.7. The number of aromatic nitrogens is 3. The zero-order valence-corrected chi connectivity index (χ0v) is 15.6. The molecule has 6 nitrogen and oxygen atoms in total. The Balaban J connectivity index is 1.53. The van der Waals surface area contributed by atoms with Crippen LogP contribution >= 0.6 is 0 Å². The Hall–Kier alpha value is -3.62. The van der Waals surface area contributed by atoms with Crippen LogP contribution in [-0.2, 0) is 13.0 Å². The Labute approximate surface area is 168 Å². The molecule has 0 spiro atoms. The maximum Gasteiger partial charge on any atom is 0.276 e. The third-order valence-electron chi connectivity index (χ3n) is 5.33.